The molecule has 0 spiro atoms. The van der Waals surface area contributed by atoms with Gasteiger partial charge in [-0.1, -0.05) is 39.8 Å². The third kappa shape index (κ3) is 9.51. The van der Waals surface area contributed by atoms with E-state index in [2.05, 4.69) is 25.9 Å². The van der Waals surface area contributed by atoms with E-state index in [0.717, 1.165) is 0 Å². The first-order valence-electron chi connectivity index (χ1n) is 12.5. The van der Waals surface area contributed by atoms with Crippen LogP contribution in [0.2, 0.25) is 0 Å². The minimum atomic E-state index is -1.20. The maximum absolute atomic E-state index is 13.4. The standard InChI is InChI=1S/C26H38N6O6/c1-14(2)9-19(27)23(34)30-21(11-17-12-28-13-29-17)24(35)31-20(10-16-5-7-18(33)8-6-16)25(36)32-22(15(3)4)26(37)38/h5-8,12-15,19-22,33H,9-11,27H2,1-4H3,(H,28,29)(H,30,34)(H,31,35)(H,32,36)(H,37,38). The third-order valence-electron chi connectivity index (χ3n) is 5.91. The molecule has 1 heterocycles. The van der Waals surface area contributed by atoms with Gasteiger partial charge in [0.05, 0.1) is 12.4 Å². The zero-order chi connectivity index (χ0) is 28.4. The molecule has 208 valence electrons. The number of carboxylic acids is 1. The van der Waals surface area contributed by atoms with Crippen LogP contribution >= 0.6 is 0 Å². The van der Waals surface area contributed by atoms with Crippen LogP contribution in [0.25, 0.3) is 0 Å². The summed E-state index contributed by atoms with van der Waals surface area (Å²) in [5, 5.41) is 26.9. The zero-order valence-corrected chi connectivity index (χ0v) is 22.1. The molecule has 1 aromatic heterocycles. The number of aromatic amines is 1. The van der Waals surface area contributed by atoms with Crippen LogP contribution in [0.1, 0.15) is 45.4 Å². The summed E-state index contributed by atoms with van der Waals surface area (Å²) in [5.74, 6) is -3.27. The number of rotatable bonds is 14. The molecule has 12 heteroatoms. The van der Waals surface area contributed by atoms with Gasteiger partial charge in [0.25, 0.3) is 0 Å². The first-order chi connectivity index (χ1) is 17.9. The van der Waals surface area contributed by atoms with Crippen molar-refractivity contribution in [2.24, 2.45) is 17.6 Å². The number of phenols is 1. The van der Waals surface area contributed by atoms with E-state index in [0.29, 0.717) is 17.7 Å². The van der Waals surface area contributed by atoms with Crippen molar-refractivity contribution in [2.75, 3.05) is 0 Å². The normalized spacial score (nSPS) is 14.4. The van der Waals surface area contributed by atoms with Gasteiger partial charge in [-0.25, -0.2) is 9.78 Å². The van der Waals surface area contributed by atoms with Crippen molar-refractivity contribution in [1.82, 2.24) is 25.9 Å². The first kappa shape index (κ1) is 30.3. The minimum Gasteiger partial charge on any atom is -0.508 e. The minimum absolute atomic E-state index is 0.0138. The molecule has 0 aliphatic heterocycles. The average molecular weight is 531 g/mol. The Hall–Kier alpha value is -3.93. The van der Waals surface area contributed by atoms with E-state index in [1.807, 2.05) is 13.8 Å². The van der Waals surface area contributed by atoms with Crippen molar-refractivity contribution < 1.29 is 29.4 Å². The fourth-order valence-corrected chi connectivity index (χ4v) is 3.84. The van der Waals surface area contributed by atoms with Gasteiger partial charge >= 0.3 is 5.97 Å². The Kier molecular flexibility index (Phi) is 11.3. The monoisotopic (exact) mass is 530 g/mol. The summed E-state index contributed by atoms with van der Waals surface area (Å²) >= 11 is 0. The smallest absolute Gasteiger partial charge is 0.326 e. The van der Waals surface area contributed by atoms with E-state index in [-0.39, 0.29) is 24.5 Å². The van der Waals surface area contributed by atoms with Gasteiger partial charge in [-0.05, 0) is 36.0 Å². The van der Waals surface area contributed by atoms with Crippen LogP contribution in [0.4, 0.5) is 0 Å². The van der Waals surface area contributed by atoms with Crippen molar-refractivity contribution in [2.45, 2.75) is 71.1 Å². The molecule has 12 nitrogen and oxygen atoms in total. The number of carboxylic acid groups (broad SMARTS) is 1. The van der Waals surface area contributed by atoms with Crippen LogP contribution < -0.4 is 21.7 Å². The van der Waals surface area contributed by atoms with Gasteiger partial charge < -0.3 is 36.9 Å². The summed E-state index contributed by atoms with van der Waals surface area (Å²) in [6.45, 7) is 7.16. The molecule has 0 fully saturated rings. The lowest BCUT2D eigenvalue weighted by molar-refractivity contribution is -0.143. The summed E-state index contributed by atoms with van der Waals surface area (Å²) < 4.78 is 0. The van der Waals surface area contributed by atoms with Gasteiger partial charge in [-0.3, -0.25) is 14.4 Å². The number of imidazole rings is 1. The zero-order valence-electron chi connectivity index (χ0n) is 22.1. The van der Waals surface area contributed by atoms with Gasteiger partial charge in [0.1, 0.15) is 23.9 Å². The predicted octanol–water partition coefficient (Wildman–Crippen LogP) is 0.469. The number of aromatic hydroxyl groups is 1. The van der Waals surface area contributed by atoms with Gasteiger partial charge in [0.2, 0.25) is 17.7 Å². The number of aliphatic carboxylic acids is 1. The highest BCUT2D eigenvalue weighted by Gasteiger charge is 2.32. The average Bonchev–Trinajstić information content (AvgIpc) is 3.35. The number of nitrogens with zero attached hydrogens (tertiary/aromatic N) is 1. The molecular formula is C26H38N6O6. The fourth-order valence-electron chi connectivity index (χ4n) is 3.84. The fraction of sp³-hybridized carbons (Fsp3) is 0.500. The van der Waals surface area contributed by atoms with E-state index in [1.165, 1.54) is 24.7 Å². The highest BCUT2D eigenvalue weighted by Crippen LogP contribution is 2.13. The van der Waals surface area contributed by atoms with Gasteiger partial charge in [0, 0.05) is 24.7 Å². The molecule has 8 N–H and O–H groups in total. The molecule has 38 heavy (non-hydrogen) atoms. The Morgan fingerprint density at radius 2 is 1.50 bits per heavy atom. The summed E-state index contributed by atoms with van der Waals surface area (Å²) in [5.41, 5.74) is 7.21. The maximum Gasteiger partial charge on any atom is 0.326 e. The molecule has 0 saturated heterocycles. The molecule has 0 aliphatic rings. The Bertz CT molecular complexity index is 1070. The van der Waals surface area contributed by atoms with Crippen LogP contribution in [-0.4, -0.2) is 68.0 Å². The number of nitrogens with two attached hydrogens (primary N) is 1. The number of phenolic OH excluding ortho intramolecular Hbond substituents is 1. The molecule has 1 aromatic carbocycles. The molecular weight excluding hydrogens is 492 g/mol. The quantitative estimate of drug-likeness (QED) is 0.183. The van der Waals surface area contributed by atoms with E-state index in [1.54, 1.807) is 26.0 Å². The highest BCUT2D eigenvalue weighted by molar-refractivity contribution is 5.94. The number of amides is 3. The predicted molar refractivity (Wildman–Crippen MR) is 140 cm³/mol. The largest absolute Gasteiger partial charge is 0.508 e. The molecule has 3 amide bonds. The molecule has 4 atom stereocenters. The summed E-state index contributed by atoms with van der Waals surface area (Å²) in [6.07, 6.45) is 3.45. The lowest BCUT2D eigenvalue weighted by Gasteiger charge is -2.26. The van der Waals surface area contributed by atoms with Crippen LogP contribution in [0.3, 0.4) is 0 Å². The van der Waals surface area contributed by atoms with Crippen LogP contribution in [0.5, 0.6) is 5.75 Å². The van der Waals surface area contributed by atoms with Crippen molar-refractivity contribution in [3.63, 3.8) is 0 Å². The molecule has 0 aliphatic carbocycles. The number of aromatic nitrogens is 2. The topological polar surface area (TPSA) is 200 Å². The molecule has 2 rings (SSSR count). The van der Waals surface area contributed by atoms with E-state index in [9.17, 15) is 29.4 Å². The lowest BCUT2D eigenvalue weighted by Crippen LogP contribution is -2.58. The maximum atomic E-state index is 13.4. The Balaban J connectivity index is 2.29. The van der Waals surface area contributed by atoms with Crippen LogP contribution in [0, 0.1) is 11.8 Å². The Labute approximate surface area is 221 Å². The third-order valence-corrected chi connectivity index (χ3v) is 5.91. The van der Waals surface area contributed by atoms with Crippen molar-refractivity contribution in [3.8, 4) is 5.75 Å². The van der Waals surface area contributed by atoms with Gasteiger partial charge in [0.15, 0.2) is 0 Å². The second-order valence-electron chi connectivity index (χ2n) is 10.1. The van der Waals surface area contributed by atoms with Crippen molar-refractivity contribution in [1.29, 1.82) is 0 Å². The molecule has 0 saturated carbocycles. The highest BCUT2D eigenvalue weighted by atomic mass is 16.4. The number of hydrogen-bond donors (Lipinski definition) is 7. The second kappa shape index (κ2) is 14.1. The number of nitrogens with one attached hydrogen (secondary N) is 4. The first-order valence-corrected chi connectivity index (χ1v) is 12.5. The molecule has 0 bridgehead atoms. The van der Waals surface area contributed by atoms with Crippen molar-refractivity contribution >= 4 is 23.7 Å². The van der Waals surface area contributed by atoms with E-state index < -0.39 is 53.8 Å². The van der Waals surface area contributed by atoms with Gasteiger partial charge in [-0.15, -0.1) is 0 Å². The van der Waals surface area contributed by atoms with E-state index in [4.69, 9.17) is 5.73 Å². The number of H-pyrrole nitrogens is 1. The van der Waals surface area contributed by atoms with Crippen LogP contribution in [0.15, 0.2) is 36.8 Å². The van der Waals surface area contributed by atoms with Crippen LogP contribution in [-0.2, 0) is 32.0 Å². The summed E-state index contributed by atoms with van der Waals surface area (Å²) in [6, 6.07) is 1.81. The lowest BCUT2D eigenvalue weighted by atomic mass is 10.0. The molecule has 4 unspecified atom stereocenters. The molecule has 0 radical (unpaired) electrons. The Morgan fingerprint density at radius 1 is 0.921 bits per heavy atom. The van der Waals surface area contributed by atoms with Gasteiger partial charge in [-0.2, -0.15) is 0 Å². The number of benzene rings is 1. The number of carbonyl (C=O) groups excluding carboxylic acids is 3. The van der Waals surface area contributed by atoms with E-state index >= 15 is 0 Å². The summed E-state index contributed by atoms with van der Waals surface area (Å²) in [4.78, 5) is 57.9. The number of hydrogen-bond acceptors (Lipinski definition) is 7. The SMILES string of the molecule is CC(C)CC(N)C(=O)NC(Cc1cnc[nH]1)C(=O)NC(Cc1ccc(O)cc1)C(=O)NC(C(=O)O)C(C)C. The number of carbonyl (C=O) groups is 4. The van der Waals surface area contributed by atoms with Crippen molar-refractivity contribution in [3.05, 3.63) is 48.0 Å². The Morgan fingerprint density at radius 3 is 2.03 bits per heavy atom. The summed E-state index contributed by atoms with van der Waals surface area (Å²) in [7, 11) is 0. The second-order valence-corrected chi connectivity index (χ2v) is 10.1. The molecule has 2 aromatic rings.